The number of benzene rings is 1. The van der Waals surface area contributed by atoms with Crippen molar-refractivity contribution in [3.63, 3.8) is 0 Å². The highest BCUT2D eigenvalue weighted by molar-refractivity contribution is 7.90. The van der Waals surface area contributed by atoms with E-state index in [0.29, 0.717) is 37.3 Å². The predicted molar refractivity (Wildman–Crippen MR) is 125 cm³/mol. The van der Waals surface area contributed by atoms with Gasteiger partial charge in [0.25, 0.3) is 0 Å². The van der Waals surface area contributed by atoms with E-state index in [2.05, 4.69) is 21.9 Å². The number of hydrogen-bond acceptors (Lipinski definition) is 7. The van der Waals surface area contributed by atoms with Crippen molar-refractivity contribution in [3.05, 3.63) is 42.4 Å². The number of carbonyl (C=O) groups is 1. The van der Waals surface area contributed by atoms with Crippen molar-refractivity contribution in [1.29, 1.82) is 0 Å². The van der Waals surface area contributed by atoms with E-state index in [9.17, 15) is 13.2 Å². The van der Waals surface area contributed by atoms with Crippen molar-refractivity contribution in [1.82, 2.24) is 19.8 Å². The van der Waals surface area contributed by atoms with E-state index < -0.39 is 9.84 Å². The van der Waals surface area contributed by atoms with Crippen LogP contribution in [0.5, 0.6) is 0 Å². The van der Waals surface area contributed by atoms with Gasteiger partial charge in [-0.2, -0.15) is 0 Å². The van der Waals surface area contributed by atoms with E-state index in [1.807, 2.05) is 11.8 Å². The fraction of sp³-hybridized carbons (Fsp3) is 0.542. The van der Waals surface area contributed by atoms with Gasteiger partial charge in [0.1, 0.15) is 6.10 Å². The number of sulfone groups is 1. The van der Waals surface area contributed by atoms with Gasteiger partial charge in [-0.3, -0.25) is 14.9 Å². The Labute approximate surface area is 195 Å². The van der Waals surface area contributed by atoms with E-state index in [0.717, 1.165) is 24.1 Å². The van der Waals surface area contributed by atoms with Crippen LogP contribution < -0.4 is 0 Å². The van der Waals surface area contributed by atoms with Crippen molar-refractivity contribution < 1.29 is 17.9 Å². The molecule has 1 saturated carbocycles. The molecule has 2 heterocycles. The molecule has 2 fully saturated rings. The van der Waals surface area contributed by atoms with Crippen LogP contribution in [0, 0.1) is 5.92 Å². The number of likely N-dealkylation sites (tertiary alicyclic amines) is 1. The molecule has 178 valence electrons. The third-order valence-electron chi connectivity index (χ3n) is 6.61. The molecular weight excluding hydrogens is 440 g/mol. The molecule has 0 N–H and O–H groups in total. The molecule has 2 aliphatic rings. The number of rotatable bonds is 7. The van der Waals surface area contributed by atoms with Crippen molar-refractivity contribution in [2.24, 2.45) is 5.92 Å². The molecule has 1 aliphatic heterocycles. The number of ether oxygens (including phenoxy) is 1. The zero-order valence-corrected chi connectivity index (χ0v) is 20.3. The second-order valence-corrected chi connectivity index (χ2v) is 11.3. The quantitative estimate of drug-likeness (QED) is 0.610. The number of nitrogens with zero attached hydrogens (tertiary/aromatic N) is 4. The average molecular weight is 473 g/mol. The summed E-state index contributed by atoms with van der Waals surface area (Å²) in [5.41, 5.74) is 2.40. The van der Waals surface area contributed by atoms with Gasteiger partial charge in [0, 0.05) is 37.5 Å². The van der Waals surface area contributed by atoms with Gasteiger partial charge >= 0.3 is 6.09 Å². The van der Waals surface area contributed by atoms with Gasteiger partial charge in [-0.1, -0.05) is 12.1 Å². The van der Waals surface area contributed by atoms with Gasteiger partial charge in [-0.15, -0.1) is 0 Å². The zero-order valence-electron chi connectivity index (χ0n) is 19.5. The Bertz CT molecular complexity index is 1060. The Morgan fingerprint density at radius 2 is 1.79 bits per heavy atom. The van der Waals surface area contributed by atoms with E-state index in [4.69, 9.17) is 4.74 Å². The first-order chi connectivity index (χ1) is 15.7. The lowest BCUT2D eigenvalue weighted by atomic mass is 10.0. The molecule has 0 spiro atoms. The summed E-state index contributed by atoms with van der Waals surface area (Å²) in [6.45, 7) is 4.08. The molecule has 2 aromatic rings. The number of piperidine rings is 1. The van der Waals surface area contributed by atoms with Gasteiger partial charge in [-0.25, -0.2) is 13.2 Å². The summed E-state index contributed by atoms with van der Waals surface area (Å²) >= 11 is 0. The van der Waals surface area contributed by atoms with Crippen LogP contribution in [0.15, 0.2) is 41.6 Å². The Morgan fingerprint density at radius 3 is 2.33 bits per heavy atom. The second kappa shape index (κ2) is 9.77. The Morgan fingerprint density at radius 1 is 1.12 bits per heavy atom. The minimum Gasteiger partial charge on any atom is -0.446 e. The highest BCUT2D eigenvalue weighted by Crippen LogP contribution is 2.34. The van der Waals surface area contributed by atoms with E-state index in [-0.39, 0.29) is 17.1 Å². The lowest BCUT2D eigenvalue weighted by Gasteiger charge is -2.36. The molecule has 1 amide bonds. The summed E-state index contributed by atoms with van der Waals surface area (Å²) in [4.78, 5) is 25.8. The van der Waals surface area contributed by atoms with Crippen LogP contribution in [0.2, 0.25) is 0 Å². The minimum atomic E-state index is -3.22. The Balaban J connectivity index is 1.27. The van der Waals surface area contributed by atoms with Crippen LogP contribution >= 0.6 is 0 Å². The highest BCUT2D eigenvalue weighted by atomic mass is 32.2. The Kier molecular flexibility index (Phi) is 6.99. The van der Waals surface area contributed by atoms with Gasteiger partial charge in [0.15, 0.2) is 9.84 Å². The third-order valence-corrected chi connectivity index (χ3v) is 7.74. The fourth-order valence-electron chi connectivity index (χ4n) is 4.23. The van der Waals surface area contributed by atoms with E-state index in [1.165, 1.54) is 19.1 Å². The summed E-state index contributed by atoms with van der Waals surface area (Å²) in [5.74, 6) is 0.553. The largest absolute Gasteiger partial charge is 0.446 e. The molecule has 1 aliphatic carbocycles. The molecule has 1 aromatic heterocycles. The van der Waals surface area contributed by atoms with Crippen LogP contribution in [0.4, 0.5) is 4.79 Å². The molecule has 9 heteroatoms. The highest BCUT2D eigenvalue weighted by Gasteiger charge is 2.33. The number of carbonyl (C=O) groups excluding carboxylic acids is 1. The SMILES string of the molecule is CC(OC(=O)N1CCC(N(C)Cc2cnc(-c3ccc(S(C)(=O)=O)cc3)cn2)CC1)C1CC1. The number of amides is 1. The minimum absolute atomic E-state index is 0.0251. The van der Waals surface area contributed by atoms with Gasteiger partial charge in [0.2, 0.25) is 0 Å². The fourth-order valence-corrected chi connectivity index (χ4v) is 4.86. The maximum absolute atomic E-state index is 12.4. The van der Waals surface area contributed by atoms with Gasteiger partial charge in [-0.05, 0) is 57.7 Å². The standard InChI is InChI=1S/C24H32N4O4S/c1-17(18-4-5-18)32-24(29)28-12-10-21(11-13-28)27(2)16-20-14-26-23(15-25-20)19-6-8-22(9-7-19)33(3,30)31/h6-9,14-15,17-18,21H,4-5,10-13,16H2,1-3H3. The Hall–Kier alpha value is -2.52. The summed E-state index contributed by atoms with van der Waals surface area (Å²) in [6.07, 6.45) is 8.67. The van der Waals surface area contributed by atoms with Crippen LogP contribution in [0.3, 0.4) is 0 Å². The van der Waals surface area contributed by atoms with Crippen molar-refractivity contribution in [2.75, 3.05) is 26.4 Å². The topological polar surface area (TPSA) is 92.7 Å². The number of aromatic nitrogens is 2. The monoisotopic (exact) mass is 472 g/mol. The summed E-state index contributed by atoms with van der Waals surface area (Å²) in [5, 5.41) is 0. The van der Waals surface area contributed by atoms with Crippen molar-refractivity contribution in [2.45, 2.75) is 56.2 Å². The molecule has 1 unspecified atom stereocenters. The summed E-state index contributed by atoms with van der Waals surface area (Å²) < 4.78 is 28.8. The first-order valence-corrected chi connectivity index (χ1v) is 13.4. The van der Waals surface area contributed by atoms with E-state index >= 15 is 0 Å². The second-order valence-electron chi connectivity index (χ2n) is 9.25. The van der Waals surface area contributed by atoms with Crippen molar-refractivity contribution >= 4 is 15.9 Å². The number of hydrogen-bond donors (Lipinski definition) is 0. The van der Waals surface area contributed by atoms with Crippen LogP contribution in [-0.2, 0) is 21.1 Å². The molecule has 8 nitrogen and oxygen atoms in total. The molecule has 1 atom stereocenters. The first-order valence-electron chi connectivity index (χ1n) is 11.5. The molecule has 1 aromatic carbocycles. The maximum Gasteiger partial charge on any atom is 0.410 e. The summed E-state index contributed by atoms with van der Waals surface area (Å²) in [6, 6.07) is 7.04. The molecule has 1 saturated heterocycles. The molecule has 0 bridgehead atoms. The van der Waals surface area contributed by atoms with Crippen LogP contribution in [0.25, 0.3) is 11.3 Å². The van der Waals surface area contributed by atoms with Crippen LogP contribution in [0.1, 0.15) is 38.3 Å². The third kappa shape index (κ3) is 6.09. The molecular formula is C24H32N4O4S. The molecule has 33 heavy (non-hydrogen) atoms. The van der Waals surface area contributed by atoms with Gasteiger partial charge in [0.05, 0.1) is 28.7 Å². The van der Waals surface area contributed by atoms with E-state index in [1.54, 1.807) is 36.7 Å². The van der Waals surface area contributed by atoms with Crippen molar-refractivity contribution in [3.8, 4) is 11.3 Å². The van der Waals surface area contributed by atoms with Gasteiger partial charge < -0.3 is 9.64 Å². The smallest absolute Gasteiger partial charge is 0.410 e. The lowest BCUT2D eigenvalue weighted by molar-refractivity contribution is 0.0455. The predicted octanol–water partition coefficient (Wildman–Crippen LogP) is 3.38. The first kappa shape index (κ1) is 23.6. The lowest BCUT2D eigenvalue weighted by Crippen LogP contribution is -2.46. The summed E-state index contributed by atoms with van der Waals surface area (Å²) in [7, 11) is -1.14. The molecule has 4 rings (SSSR count). The normalized spacial score (nSPS) is 18.4. The maximum atomic E-state index is 12.4. The zero-order chi connectivity index (χ0) is 23.6. The average Bonchev–Trinajstić information content (AvgIpc) is 3.65. The molecule has 0 radical (unpaired) electrons. The van der Waals surface area contributed by atoms with Crippen LogP contribution in [-0.4, -0.2) is 72.8 Å².